The van der Waals surface area contributed by atoms with Crippen LogP contribution in [0.3, 0.4) is 0 Å². The maximum atomic E-state index is 12.4. The SMILES string of the molecule is CC(C)N(Cc1cnc(NN)s1)CC(F)(F)F. The number of nitrogens with zero attached hydrogens (tertiary/aromatic N) is 2. The second-order valence-corrected chi connectivity index (χ2v) is 5.01. The lowest BCUT2D eigenvalue weighted by Crippen LogP contribution is -2.38. The maximum absolute atomic E-state index is 12.4. The first kappa shape index (κ1) is 14.2. The highest BCUT2D eigenvalue weighted by Gasteiger charge is 2.31. The number of hydrogen-bond donors (Lipinski definition) is 2. The van der Waals surface area contributed by atoms with Crippen molar-refractivity contribution in [3.05, 3.63) is 11.1 Å². The van der Waals surface area contributed by atoms with Gasteiger partial charge in [0, 0.05) is 23.7 Å². The minimum Gasteiger partial charge on any atom is -0.300 e. The molecular weight excluding hydrogens is 253 g/mol. The van der Waals surface area contributed by atoms with Gasteiger partial charge in [-0.1, -0.05) is 11.3 Å². The van der Waals surface area contributed by atoms with E-state index in [2.05, 4.69) is 10.4 Å². The molecule has 1 heterocycles. The van der Waals surface area contributed by atoms with E-state index in [1.165, 1.54) is 22.4 Å². The van der Waals surface area contributed by atoms with Crippen LogP contribution in [0.2, 0.25) is 0 Å². The van der Waals surface area contributed by atoms with Gasteiger partial charge in [-0.3, -0.25) is 10.3 Å². The van der Waals surface area contributed by atoms with Crippen LogP contribution in [0, 0.1) is 0 Å². The molecule has 0 unspecified atom stereocenters. The monoisotopic (exact) mass is 268 g/mol. The third kappa shape index (κ3) is 4.88. The smallest absolute Gasteiger partial charge is 0.300 e. The van der Waals surface area contributed by atoms with Crippen LogP contribution in [0.4, 0.5) is 18.3 Å². The molecule has 0 aliphatic carbocycles. The molecule has 4 nitrogen and oxygen atoms in total. The largest absolute Gasteiger partial charge is 0.401 e. The van der Waals surface area contributed by atoms with Gasteiger partial charge in [-0.05, 0) is 13.8 Å². The van der Waals surface area contributed by atoms with Crippen LogP contribution in [-0.4, -0.2) is 28.6 Å². The molecule has 0 bridgehead atoms. The third-order valence-electron chi connectivity index (χ3n) is 2.15. The number of aromatic nitrogens is 1. The van der Waals surface area contributed by atoms with Crippen molar-refractivity contribution in [1.82, 2.24) is 9.88 Å². The quantitative estimate of drug-likeness (QED) is 0.635. The number of nitrogen functional groups attached to an aromatic ring is 1. The standard InChI is InChI=1S/C9H15F3N4S/c1-6(2)16(5-9(10,11)12)4-7-3-14-8(15-13)17-7/h3,6H,4-5,13H2,1-2H3,(H,14,15). The molecule has 3 N–H and O–H groups in total. The molecule has 0 aliphatic heterocycles. The number of nitrogens with one attached hydrogen (secondary N) is 1. The average molecular weight is 268 g/mol. The van der Waals surface area contributed by atoms with E-state index in [1.54, 1.807) is 13.8 Å². The van der Waals surface area contributed by atoms with Crippen LogP contribution in [0.15, 0.2) is 6.20 Å². The van der Waals surface area contributed by atoms with E-state index in [1.807, 2.05) is 0 Å². The van der Waals surface area contributed by atoms with Crippen LogP contribution < -0.4 is 11.3 Å². The van der Waals surface area contributed by atoms with Crippen LogP contribution in [0.1, 0.15) is 18.7 Å². The van der Waals surface area contributed by atoms with Crippen molar-refractivity contribution in [3.8, 4) is 0 Å². The summed E-state index contributed by atoms with van der Waals surface area (Å²) in [7, 11) is 0. The Labute approximate surface area is 102 Å². The number of hydrogen-bond acceptors (Lipinski definition) is 5. The van der Waals surface area contributed by atoms with Gasteiger partial charge in [0.2, 0.25) is 0 Å². The Morgan fingerprint density at radius 2 is 2.18 bits per heavy atom. The maximum Gasteiger partial charge on any atom is 0.401 e. The molecule has 8 heteroatoms. The Morgan fingerprint density at radius 3 is 2.59 bits per heavy atom. The number of nitrogens with two attached hydrogens (primary N) is 1. The lowest BCUT2D eigenvalue weighted by molar-refractivity contribution is -0.150. The van der Waals surface area contributed by atoms with Crippen LogP contribution in [-0.2, 0) is 6.54 Å². The first-order valence-corrected chi connectivity index (χ1v) is 5.85. The van der Waals surface area contributed by atoms with E-state index >= 15 is 0 Å². The minimum absolute atomic E-state index is 0.187. The highest BCUT2D eigenvalue weighted by molar-refractivity contribution is 7.15. The highest BCUT2D eigenvalue weighted by atomic mass is 32.1. The van der Waals surface area contributed by atoms with Gasteiger partial charge >= 0.3 is 6.18 Å². The average Bonchev–Trinajstić information content (AvgIpc) is 2.62. The van der Waals surface area contributed by atoms with E-state index in [0.29, 0.717) is 5.13 Å². The topological polar surface area (TPSA) is 54.2 Å². The Morgan fingerprint density at radius 1 is 1.53 bits per heavy atom. The molecule has 0 aromatic carbocycles. The Hall–Kier alpha value is -0.860. The zero-order valence-electron chi connectivity index (χ0n) is 9.58. The summed E-state index contributed by atoms with van der Waals surface area (Å²) in [5, 5.41) is 0.496. The molecule has 0 aliphatic rings. The minimum atomic E-state index is -4.19. The van der Waals surface area contributed by atoms with Crippen molar-refractivity contribution in [2.24, 2.45) is 5.84 Å². The zero-order valence-corrected chi connectivity index (χ0v) is 10.4. The number of hydrazine groups is 1. The van der Waals surface area contributed by atoms with Gasteiger partial charge in [0.25, 0.3) is 0 Å². The molecule has 0 radical (unpaired) electrons. The molecule has 0 saturated heterocycles. The summed E-state index contributed by atoms with van der Waals surface area (Å²) in [6.45, 7) is 2.76. The van der Waals surface area contributed by atoms with Gasteiger partial charge in [-0.15, -0.1) is 0 Å². The van der Waals surface area contributed by atoms with E-state index in [-0.39, 0.29) is 12.6 Å². The fourth-order valence-corrected chi connectivity index (χ4v) is 2.05. The molecule has 0 atom stereocenters. The van der Waals surface area contributed by atoms with Gasteiger partial charge in [0.1, 0.15) is 0 Å². The van der Waals surface area contributed by atoms with Crippen LogP contribution >= 0.6 is 11.3 Å². The molecule has 1 rings (SSSR count). The van der Waals surface area contributed by atoms with Gasteiger partial charge in [-0.25, -0.2) is 10.8 Å². The Bertz CT molecular complexity index is 350. The lowest BCUT2D eigenvalue weighted by atomic mass is 10.3. The zero-order chi connectivity index (χ0) is 13.1. The van der Waals surface area contributed by atoms with Crippen molar-refractivity contribution < 1.29 is 13.2 Å². The second kappa shape index (κ2) is 5.65. The summed E-state index contributed by atoms with van der Waals surface area (Å²) in [5.41, 5.74) is 2.36. The molecule has 17 heavy (non-hydrogen) atoms. The Balaban J connectivity index is 2.66. The summed E-state index contributed by atoms with van der Waals surface area (Å²) < 4.78 is 37.1. The van der Waals surface area contributed by atoms with Crippen molar-refractivity contribution in [1.29, 1.82) is 0 Å². The van der Waals surface area contributed by atoms with Crippen molar-refractivity contribution in [2.75, 3.05) is 12.0 Å². The summed E-state index contributed by atoms with van der Waals surface area (Å²) in [6.07, 6.45) is -2.66. The Kier molecular flexibility index (Phi) is 4.72. The number of thiazole rings is 1. The van der Waals surface area contributed by atoms with Crippen molar-refractivity contribution in [2.45, 2.75) is 32.6 Å². The van der Waals surface area contributed by atoms with Crippen molar-refractivity contribution >= 4 is 16.5 Å². The van der Waals surface area contributed by atoms with E-state index in [4.69, 9.17) is 5.84 Å². The molecule has 0 spiro atoms. The van der Waals surface area contributed by atoms with Gasteiger partial charge < -0.3 is 0 Å². The summed E-state index contributed by atoms with van der Waals surface area (Å²) in [6, 6.07) is -0.187. The molecule has 1 aromatic heterocycles. The predicted molar refractivity (Wildman–Crippen MR) is 61.5 cm³/mol. The van der Waals surface area contributed by atoms with E-state index < -0.39 is 12.7 Å². The first-order valence-electron chi connectivity index (χ1n) is 5.04. The molecule has 0 fully saturated rings. The number of halogens is 3. The normalized spacial score (nSPS) is 12.5. The second-order valence-electron chi connectivity index (χ2n) is 3.89. The highest BCUT2D eigenvalue weighted by Crippen LogP contribution is 2.23. The molecule has 0 amide bonds. The molecule has 1 aromatic rings. The van der Waals surface area contributed by atoms with Crippen LogP contribution in [0.25, 0.3) is 0 Å². The third-order valence-corrected chi connectivity index (χ3v) is 3.06. The molecule has 98 valence electrons. The van der Waals surface area contributed by atoms with Crippen LogP contribution in [0.5, 0.6) is 0 Å². The number of anilines is 1. The predicted octanol–water partition coefficient (Wildman–Crippen LogP) is 2.20. The fraction of sp³-hybridized carbons (Fsp3) is 0.667. The van der Waals surface area contributed by atoms with E-state index in [9.17, 15) is 13.2 Å². The summed E-state index contributed by atoms with van der Waals surface area (Å²) >= 11 is 1.25. The van der Waals surface area contributed by atoms with Gasteiger partial charge in [0.15, 0.2) is 5.13 Å². The number of rotatable bonds is 5. The molecular formula is C9H15F3N4S. The van der Waals surface area contributed by atoms with Gasteiger partial charge in [-0.2, -0.15) is 13.2 Å². The van der Waals surface area contributed by atoms with Gasteiger partial charge in [0.05, 0.1) is 6.54 Å². The first-order chi connectivity index (χ1) is 7.81. The fourth-order valence-electron chi connectivity index (χ4n) is 1.30. The number of alkyl halides is 3. The van der Waals surface area contributed by atoms with Crippen molar-refractivity contribution in [3.63, 3.8) is 0 Å². The summed E-state index contributed by atoms with van der Waals surface area (Å²) in [5.74, 6) is 5.16. The summed E-state index contributed by atoms with van der Waals surface area (Å²) in [4.78, 5) is 6.01. The lowest BCUT2D eigenvalue weighted by Gasteiger charge is -2.26. The van der Waals surface area contributed by atoms with E-state index in [0.717, 1.165) is 4.88 Å². The molecule has 0 saturated carbocycles.